The summed E-state index contributed by atoms with van der Waals surface area (Å²) in [5.74, 6) is 2.78. The van der Waals surface area contributed by atoms with Crippen molar-refractivity contribution in [3.63, 3.8) is 0 Å². The van der Waals surface area contributed by atoms with Gasteiger partial charge in [0.25, 0.3) is 0 Å². The maximum atomic E-state index is 13.4. The summed E-state index contributed by atoms with van der Waals surface area (Å²) in [5, 5.41) is 8.17. The first-order valence-electron chi connectivity index (χ1n) is 16.2. The second-order valence-electron chi connectivity index (χ2n) is 16.1. The molecule has 1 N–H and O–H groups in total. The molecule has 7 atom stereocenters. The van der Waals surface area contributed by atoms with Crippen LogP contribution in [0.3, 0.4) is 0 Å². The largest absolute Gasteiger partial charge is 0.436 e. The van der Waals surface area contributed by atoms with Crippen LogP contribution in [0.2, 0.25) is 0 Å². The molecule has 5 rings (SSSR count). The minimum absolute atomic E-state index is 0.201. The van der Waals surface area contributed by atoms with Gasteiger partial charge in [-0.15, -0.1) is 0 Å². The van der Waals surface area contributed by atoms with Gasteiger partial charge < -0.3 is 10.2 Å². The van der Waals surface area contributed by atoms with Gasteiger partial charge in [0.05, 0.1) is 5.71 Å². The lowest BCUT2D eigenvalue weighted by molar-refractivity contribution is -0.117. The fourth-order valence-corrected chi connectivity index (χ4v) is 9.94. The Morgan fingerprint density at radius 2 is 1.80 bits per heavy atom. The van der Waals surface area contributed by atoms with E-state index < -0.39 is 0 Å². The quantitative estimate of drug-likeness (QED) is 0.217. The molecule has 4 aliphatic carbocycles. The Labute approximate surface area is 243 Å². The van der Waals surface area contributed by atoms with Crippen molar-refractivity contribution in [2.75, 3.05) is 13.1 Å². The summed E-state index contributed by atoms with van der Waals surface area (Å²) in [6.07, 6.45) is 12.6. The van der Waals surface area contributed by atoms with Crippen LogP contribution in [0.15, 0.2) is 16.8 Å². The molecule has 1 heterocycles. The third-order valence-electron chi connectivity index (χ3n) is 12.5. The Kier molecular flexibility index (Phi) is 7.85. The highest BCUT2D eigenvalue weighted by Crippen LogP contribution is 2.66. The normalized spacial score (nSPS) is 39.2. The van der Waals surface area contributed by atoms with Gasteiger partial charge in [0.2, 0.25) is 0 Å². The van der Waals surface area contributed by atoms with E-state index in [1.54, 1.807) is 0 Å². The summed E-state index contributed by atoms with van der Waals surface area (Å²) < 4.78 is 0. The SMILES string of the molecule is C/C(=N\OC(=O)N(CCC1NCCC1(C)C)C(C)(C)C)[C@H]1CC[C@H]2[C@@H]3CCC4=CC(=O)CC[C@]4(C)[C@H]3CC[C@]12C. The molecule has 3 saturated carbocycles. The second-order valence-corrected chi connectivity index (χ2v) is 16.1. The van der Waals surface area contributed by atoms with Crippen LogP contribution in [0.5, 0.6) is 0 Å². The lowest BCUT2D eigenvalue weighted by Gasteiger charge is -2.58. The lowest BCUT2D eigenvalue weighted by Crippen LogP contribution is -2.51. The van der Waals surface area contributed by atoms with Crippen LogP contribution in [0.25, 0.3) is 0 Å². The van der Waals surface area contributed by atoms with Gasteiger partial charge >= 0.3 is 6.09 Å². The summed E-state index contributed by atoms with van der Waals surface area (Å²) in [6, 6.07) is 0.406. The van der Waals surface area contributed by atoms with E-state index in [0.717, 1.165) is 43.9 Å². The Balaban J connectivity index is 1.25. The van der Waals surface area contributed by atoms with E-state index >= 15 is 0 Å². The van der Waals surface area contributed by atoms with Gasteiger partial charge in [-0.3, -0.25) is 9.63 Å². The fraction of sp³-hybridized carbons (Fsp3) is 0.853. The first-order valence-corrected chi connectivity index (χ1v) is 16.2. The Hall–Kier alpha value is -1.69. The third-order valence-corrected chi connectivity index (χ3v) is 12.5. The van der Waals surface area contributed by atoms with Crippen LogP contribution >= 0.6 is 0 Å². The molecule has 5 aliphatic rings. The molecule has 0 radical (unpaired) electrons. The molecule has 6 nitrogen and oxygen atoms in total. The van der Waals surface area contributed by atoms with Crippen LogP contribution in [0.1, 0.15) is 120 Å². The first-order chi connectivity index (χ1) is 18.7. The maximum absolute atomic E-state index is 13.4. The van der Waals surface area contributed by atoms with Gasteiger partial charge in [0, 0.05) is 30.5 Å². The zero-order chi connectivity index (χ0) is 29.1. The molecule has 1 unspecified atom stereocenters. The molecule has 0 aromatic carbocycles. The van der Waals surface area contributed by atoms with Gasteiger partial charge in [-0.2, -0.15) is 0 Å². The number of rotatable bonds is 5. The zero-order valence-electron chi connectivity index (χ0n) is 26.6. The number of hydrogen-bond donors (Lipinski definition) is 1. The number of carbonyl (C=O) groups excluding carboxylic acids is 2. The van der Waals surface area contributed by atoms with E-state index in [0.29, 0.717) is 42.5 Å². The fourth-order valence-electron chi connectivity index (χ4n) is 9.94. The Bertz CT molecular complexity index is 1070. The molecule has 0 spiro atoms. The predicted molar refractivity (Wildman–Crippen MR) is 161 cm³/mol. The average Bonchev–Trinajstić information content (AvgIpc) is 3.40. The summed E-state index contributed by atoms with van der Waals surface area (Å²) in [7, 11) is 0. The monoisotopic (exact) mass is 553 g/mol. The highest BCUT2D eigenvalue weighted by molar-refractivity contribution is 5.91. The summed E-state index contributed by atoms with van der Waals surface area (Å²) >= 11 is 0. The highest BCUT2D eigenvalue weighted by atomic mass is 16.7. The average molecular weight is 554 g/mol. The standard InChI is InChI=1S/C34H55N3O3/c1-22(36-40-30(39)37(31(2,3)4)20-15-29-32(5,6)18-19-35-29)26-11-12-27-25-10-9-23-21-24(38)13-16-33(23,7)28(25)14-17-34(26,27)8/h21,25-29,35H,9-20H2,1-8H3/b36-22+/t25-,26+,27-,28-,29?,33-,34+/m0/s1. The van der Waals surface area contributed by atoms with E-state index in [9.17, 15) is 9.59 Å². The van der Waals surface area contributed by atoms with E-state index in [1.165, 1.54) is 37.7 Å². The number of hydrogen-bond acceptors (Lipinski definition) is 5. The van der Waals surface area contributed by atoms with E-state index in [2.05, 4.69) is 65.9 Å². The van der Waals surface area contributed by atoms with Crippen molar-refractivity contribution >= 4 is 17.6 Å². The van der Waals surface area contributed by atoms with Crippen LogP contribution < -0.4 is 5.32 Å². The van der Waals surface area contributed by atoms with Gasteiger partial charge in [0.15, 0.2) is 5.78 Å². The molecular weight excluding hydrogens is 498 g/mol. The van der Waals surface area contributed by atoms with Gasteiger partial charge in [-0.1, -0.05) is 38.4 Å². The number of ketones is 1. The van der Waals surface area contributed by atoms with Crippen LogP contribution in [-0.2, 0) is 9.63 Å². The number of nitrogens with zero attached hydrogens (tertiary/aromatic N) is 2. The smallest absolute Gasteiger partial charge is 0.313 e. The molecule has 1 saturated heterocycles. The second kappa shape index (κ2) is 10.5. The van der Waals surface area contributed by atoms with Crippen molar-refractivity contribution in [3.8, 4) is 0 Å². The van der Waals surface area contributed by atoms with E-state index in [1.807, 2.05) is 11.0 Å². The molecule has 224 valence electrons. The lowest BCUT2D eigenvalue weighted by atomic mass is 9.46. The molecule has 6 heteroatoms. The molecular formula is C34H55N3O3. The van der Waals surface area contributed by atoms with Crippen molar-refractivity contribution in [2.24, 2.45) is 45.1 Å². The van der Waals surface area contributed by atoms with Crippen molar-refractivity contribution < 1.29 is 14.4 Å². The zero-order valence-corrected chi connectivity index (χ0v) is 26.6. The Morgan fingerprint density at radius 3 is 2.48 bits per heavy atom. The highest BCUT2D eigenvalue weighted by Gasteiger charge is 2.59. The number of amides is 1. The molecule has 0 aromatic rings. The van der Waals surface area contributed by atoms with Crippen molar-refractivity contribution in [3.05, 3.63) is 11.6 Å². The first kappa shape index (κ1) is 29.8. The number of carbonyl (C=O) groups is 2. The minimum atomic E-state index is -0.336. The maximum Gasteiger partial charge on any atom is 0.436 e. The van der Waals surface area contributed by atoms with Crippen LogP contribution in [0, 0.1) is 39.9 Å². The number of nitrogens with one attached hydrogen (secondary N) is 1. The van der Waals surface area contributed by atoms with E-state index in [-0.39, 0.29) is 27.9 Å². The Morgan fingerprint density at radius 1 is 1.05 bits per heavy atom. The van der Waals surface area contributed by atoms with Crippen molar-refractivity contribution in [1.29, 1.82) is 0 Å². The van der Waals surface area contributed by atoms with Crippen LogP contribution in [-0.4, -0.2) is 47.2 Å². The third kappa shape index (κ3) is 5.20. The van der Waals surface area contributed by atoms with E-state index in [4.69, 9.17) is 4.84 Å². The van der Waals surface area contributed by atoms with Gasteiger partial charge in [0.1, 0.15) is 0 Å². The number of allylic oxidation sites excluding steroid dienone is 1. The number of fused-ring (bicyclic) bond motifs is 5. The van der Waals surface area contributed by atoms with Crippen molar-refractivity contribution in [2.45, 2.75) is 131 Å². The van der Waals surface area contributed by atoms with Crippen molar-refractivity contribution in [1.82, 2.24) is 10.2 Å². The van der Waals surface area contributed by atoms with Crippen LogP contribution in [0.4, 0.5) is 4.79 Å². The molecule has 1 aliphatic heterocycles. The summed E-state index contributed by atoms with van der Waals surface area (Å²) in [5.41, 5.74) is 2.73. The molecule has 40 heavy (non-hydrogen) atoms. The topological polar surface area (TPSA) is 71.0 Å². The molecule has 1 amide bonds. The molecule has 4 fully saturated rings. The molecule has 0 aromatic heterocycles. The summed E-state index contributed by atoms with van der Waals surface area (Å²) in [4.78, 5) is 33.1. The molecule has 0 bridgehead atoms. The minimum Gasteiger partial charge on any atom is -0.313 e. The summed E-state index contributed by atoms with van der Waals surface area (Å²) in [6.45, 7) is 19.6. The van der Waals surface area contributed by atoms with Gasteiger partial charge in [-0.25, -0.2) is 4.79 Å². The van der Waals surface area contributed by atoms with Gasteiger partial charge in [-0.05, 0) is 132 Å². The predicted octanol–water partition coefficient (Wildman–Crippen LogP) is 7.53. The number of oxime groups is 1.